The molecule has 2 amide bonds. The van der Waals surface area contributed by atoms with Gasteiger partial charge in [0.2, 0.25) is 21.8 Å². The summed E-state index contributed by atoms with van der Waals surface area (Å²) in [7, 11) is 7.09. The van der Waals surface area contributed by atoms with Crippen molar-refractivity contribution >= 4 is 80.0 Å². The summed E-state index contributed by atoms with van der Waals surface area (Å²) in [5, 5.41) is 6.77. The molecule has 0 radical (unpaired) electrons. The zero-order valence-corrected chi connectivity index (χ0v) is 81.9. The van der Waals surface area contributed by atoms with Gasteiger partial charge in [0.05, 0.1) is 52.7 Å². The van der Waals surface area contributed by atoms with Gasteiger partial charge in [-0.1, -0.05) is 225 Å². The first kappa shape index (κ1) is 97.1. The Morgan fingerprint density at radius 3 is 1.18 bits per heavy atom. The third-order valence-electron chi connectivity index (χ3n) is 28.2. The molecule has 139 heavy (non-hydrogen) atoms. The molecule has 29 nitrogen and oxygen atoms in total. The molecular weight excluding hydrogens is 1760 g/mol. The number of piperidine rings is 1. The number of hydrogen-bond donors (Lipinski definition) is 2. The Balaban J connectivity index is 0.000000120. The lowest BCUT2D eigenvalue weighted by Crippen LogP contribution is -2.46. The average Bonchev–Trinajstić information content (AvgIpc) is 1.58. The fourth-order valence-electron chi connectivity index (χ4n) is 21.1. The lowest BCUT2D eigenvalue weighted by atomic mass is 10.0. The lowest BCUT2D eigenvalue weighted by Gasteiger charge is -2.34. The Morgan fingerprint density at radius 1 is 0.396 bits per heavy atom. The number of fused-ring (bicyclic) bond motifs is 10. The summed E-state index contributed by atoms with van der Waals surface area (Å²) in [4.78, 5) is 97.9. The largest absolute Gasteiger partial charge is 0.368 e. The predicted octanol–water partition coefficient (Wildman–Crippen LogP) is 15.5. The molecule has 5 fully saturated rings. The number of amides is 2. The maximum absolute atomic E-state index is 12.6. The van der Waals surface area contributed by atoms with Gasteiger partial charge in [0.1, 0.15) is 89.8 Å². The minimum atomic E-state index is -3.23. The number of anilines is 10. The third-order valence-corrected chi connectivity index (χ3v) is 30.1. The minimum Gasteiger partial charge on any atom is -0.368 e. The number of benzene rings is 7. The molecular formula is C109H133N25O4S. The molecule has 2 N–H and O–H groups in total. The monoisotopic (exact) mass is 1890 g/mol. The van der Waals surface area contributed by atoms with Crippen molar-refractivity contribution in [2.24, 2.45) is 0 Å². The summed E-state index contributed by atoms with van der Waals surface area (Å²) >= 11 is 0. The van der Waals surface area contributed by atoms with E-state index in [1.165, 1.54) is 61.2 Å². The normalized spacial score (nSPS) is 20.8. The number of aromatic nitrogens is 10. The van der Waals surface area contributed by atoms with Gasteiger partial charge in [0.15, 0.2) is 0 Å². The second-order valence-electron chi connectivity index (χ2n) is 39.0. The molecule has 724 valence electrons. The van der Waals surface area contributed by atoms with E-state index >= 15 is 0 Å². The lowest BCUT2D eigenvalue weighted by molar-refractivity contribution is -0.136. The second-order valence-corrected chi connectivity index (χ2v) is 41.1. The molecule has 10 aliphatic rings. The fourth-order valence-corrected chi connectivity index (χ4v) is 22.8. The number of nitrogens with one attached hydrogen (secondary N) is 2. The molecule has 5 aromatic heterocycles. The molecule has 12 aromatic rings. The van der Waals surface area contributed by atoms with Gasteiger partial charge in [0.25, 0.3) is 0 Å². The molecule has 22 rings (SSSR count). The molecule has 5 saturated heterocycles. The Labute approximate surface area is 820 Å². The average molecular weight is 1890 g/mol. The number of carbonyl (C=O) groups is 2. The number of aryl methyl sites for hydroxylation is 2. The van der Waals surface area contributed by atoms with Gasteiger partial charge < -0.3 is 59.6 Å². The van der Waals surface area contributed by atoms with E-state index < -0.39 is 10.0 Å². The molecule has 0 spiro atoms. The van der Waals surface area contributed by atoms with Crippen LogP contribution in [0.3, 0.4) is 0 Å². The first-order valence-corrected chi connectivity index (χ1v) is 50.1. The predicted molar refractivity (Wildman–Crippen MR) is 555 cm³/mol. The van der Waals surface area contributed by atoms with Crippen LogP contribution < -0.4 is 49.8 Å². The topological polar surface area (TPSA) is 263 Å². The molecule has 30 heteroatoms. The highest BCUT2D eigenvalue weighted by atomic mass is 32.2. The molecule has 0 bridgehead atoms. The van der Waals surface area contributed by atoms with Gasteiger partial charge in [-0.15, -0.1) is 6.58 Å². The first-order chi connectivity index (χ1) is 67.0. The number of sulfonamides is 1. The van der Waals surface area contributed by atoms with Crippen molar-refractivity contribution < 1.29 is 18.0 Å². The summed E-state index contributed by atoms with van der Waals surface area (Å²) in [6.45, 7) is 29.0. The van der Waals surface area contributed by atoms with E-state index in [1.807, 2.05) is 91.6 Å². The molecule has 15 heterocycles. The minimum absolute atomic E-state index is 0. The van der Waals surface area contributed by atoms with Crippen molar-refractivity contribution in [1.82, 2.24) is 73.7 Å². The number of hydrogen-bond acceptors (Lipinski definition) is 26. The van der Waals surface area contributed by atoms with E-state index in [-0.39, 0.29) is 54.2 Å². The SMILES string of the molecule is C.C=CCN1C[C@H]2CCC(=O)N2Cc2c(N(C)Cc3ccccc3)ncnc21.CN(Cc1ccccc1)c1ncnc2c1CN1C(=O)CCC[C@@H]1CN2.CN(Cc1ccccc1)c1ncnc2c1CN1C[C@]1(C)CN2Cc1ccccc1.CN(Cc1ccccc1)c1ncnc2c1CN1[C@H](CCCS1(=O)=O)CN2.Cc1cc(C)cc(CN2C[C@@]3(C)CN3Cc3c(N(C)Cc4ccccc4)ncnc32)c1. The molecule has 10 aliphatic heterocycles. The van der Waals surface area contributed by atoms with E-state index in [2.05, 4.69) is 283 Å². The van der Waals surface area contributed by atoms with Crippen LogP contribution in [0.1, 0.15) is 144 Å². The van der Waals surface area contributed by atoms with Crippen molar-refractivity contribution in [1.29, 1.82) is 0 Å². The van der Waals surface area contributed by atoms with Gasteiger partial charge in [-0.05, 0) is 98.7 Å². The van der Waals surface area contributed by atoms with Gasteiger partial charge in [-0.25, -0.2) is 58.3 Å². The fraction of sp³-hybridized carbons (Fsp3) is 0.394. The highest BCUT2D eigenvalue weighted by molar-refractivity contribution is 7.89. The van der Waals surface area contributed by atoms with Crippen LogP contribution in [0.2, 0.25) is 0 Å². The molecule has 7 atom stereocenters. The highest BCUT2D eigenvalue weighted by Crippen LogP contribution is 2.46. The maximum Gasteiger partial charge on any atom is 0.223 e. The van der Waals surface area contributed by atoms with Crippen LogP contribution in [0.4, 0.5) is 58.2 Å². The number of nitrogens with zero attached hydrogens (tertiary/aromatic N) is 23. The van der Waals surface area contributed by atoms with E-state index in [0.29, 0.717) is 58.5 Å². The standard InChI is InChI=1S/C26H31N5.C24H27N5.C21H25N5O.C19H23N5O.C18H23N5O2S.CH4/c1-19-10-20(2)12-22(11-19)14-30-16-26(3)17-31(26)15-23-24(27-18-28-25(23)30)29(4)13-21-8-6-5-7-9-21;1-24-16-28(14-20-11-7-4-8-12-20)23-21(15-29(24)17-24)22(25-18-26-23)27(2)13-19-9-5-3-6-10-19;1-3-11-25-13-17-9-10-19(27)26(17)14-18-20(22-15-23-21(18)25)24(2)12-16-7-5-4-6-8-16;1-23(11-14-6-3-2-4-7-14)19-16-12-24-15(8-5-9-17(24)25)10-20-18(16)21-13-22-19;1-22(11-14-6-3-2-4-7-14)18-16-12-23-15(8-5-9-26(23,24)25)10-19-17(16)20-13-21-18;/h5-12,18H,13-17H2,1-4H3;3-12,18H,13-17H2,1-2H3;3-8,15,17H,1,9-14H2,2H3;2-4,6-7,13,15H,5,8-12H2,1H3,(H,20,21,22);2-4,6-7,13,15H,5,8-12H2,1H3,(H,19,20,21);1H4/t26-,31?;24-,29?;17-;2*15-;/m00111./s1. The smallest absolute Gasteiger partial charge is 0.223 e. The van der Waals surface area contributed by atoms with Crippen LogP contribution in [-0.2, 0) is 98.1 Å². The van der Waals surface area contributed by atoms with Crippen molar-refractivity contribution in [3.05, 3.63) is 322 Å². The van der Waals surface area contributed by atoms with Crippen molar-refractivity contribution in [3.8, 4) is 0 Å². The van der Waals surface area contributed by atoms with Crippen LogP contribution in [0.15, 0.2) is 244 Å². The molecule has 0 saturated carbocycles. The maximum atomic E-state index is 12.6. The summed E-state index contributed by atoms with van der Waals surface area (Å²) in [5.41, 5.74) is 17.3. The van der Waals surface area contributed by atoms with Crippen LogP contribution in [-0.4, -0.2) is 217 Å². The Bertz CT molecular complexity index is 6330. The van der Waals surface area contributed by atoms with Crippen molar-refractivity contribution in [2.45, 2.75) is 188 Å². The van der Waals surface area contributed by atoms with E-state index in [9.17, 15) is 18.0 Å². The van der Waals surface area contributed by atoms with E-state index in [4.69, 9.17) is 19.9 Å². The van der Waals surface area contributed by atoms with Gasteiger partial charge in [0, 0.05) is 189 Å². The van der Waals surface area contributed by atoms with E-state index in [0.717, 1.165) is 192 Å². The molecule has 7 aromatic carbocycles. The Morgan fingerprint density at radius 2 is 0.748 bits per heavy atom. The zero-order valence-electron chi connectivity index (χ0n) is 81.1. The van der Waals surface area contributed by atoms with Crippen molar-refractivity contribution in [2.75, 3.05) is 143 Å². The van der Waals surface area contributed by atoms with Crippen molar-refractivity contribution in [3.63, 3.8) is 0 Å². The first-order valence-electron chi connectivity index (χ1n) is 48.5. The highest BCUT2D eigenvalue weighted by Gasteiger charge is 2.53. The Kier molecular flexibility index (Phi) is 30.2. The van der Waals surface area contributed by atoms with Gasteiger partial charge in [-0.3, -0.25) is 19.4 Å². The summed E-state index contributed by atoms with van der Waals surface area (Å²) in [5.74, 6) is 9.98. The Hall–Kier alpha value is -13.6. The van der Waals surface area contributed by atoms with Gasteiger partial charge in [-0.2, -0.15) is 4.31 Å². The summed E-state index contributed by atoms with van der Waals surface area (Å²) < 4.78 is 26.8. The number of carbonyl (C=O) groups excluding carboxylic acids is 2. The van der Waals surface area contributed by atoms with E-state index in [1.54, 1.807) is 35.9 Å². The van der Waals surface area contributed by atoms with Crippen LogP contribution in [0.25, 0.3) is 0 Å². The quantitative estimate of drug-likeness (QED) is 0.0500. The van der Waals surface area contributed by atoms with Crippen LogP contribution >= 0.6 is 0 Å². The number of rotatable bonds is 21. The van der Waals surface area contributed by atoms with Crippen LogP contribution in [0, 0.1) is 13.8 Å². The third kappa shape index (κ3) is 22.9. The van der Waals surface area contributed by atoms with Crippen LogP contribution in [0.5, 0.6) is 0 Å². The van der Waals surface area contributed by atoms with Gasteiger partial charge >= 0.3 is 0 Å². The summed E-state index contributed by atoms with van der Waals surface area (Å²) in [6, 6.07) is 70.0. The molecule has 0 aliphatic carbocycles. The second kappa shape index (κ2) is 43.2. The summed E-state index contributed by atoms with van der Waals surface area (Å²) in [6.07, 6.45) is 15.9. The zero-order chi connectivity index (χ0) is 95.6. The molecule has 2 unspecified atom stereocenters.